The number of phenols is 1. The maximum atomic E-state index is 9.80. The van der Waals surface area contributed by atoms with Crippen molar-refractivity contribution in [1.29, 1.82) is 0 Å². The van der Waals surface area contributed by atoms with Crippen LogP contribution in [0.3, 0.4) is 0 Å². The van der Waals surface area contributed by atoms with Crippen LogP contribution in [-0.4, -0.2) is 60.2 Å². The van der Waals surface area contributed by atoms with Gasteiger partial charge in [0.25, 0.3) is 0 Å². The summed E-state index contributed by atoms with van der Waals surface area (Å²) in [5, 5.41) is 19.5. The number of benzene rings is 1. The van der Waals surface area contributed by atoms with Crippen molar-refractivity contribution in [2.24, 2.45) is 0 Å². The van der Waals surface area contributed by atoms with Gasteiger partial charge in [-0.1, -0.05) is 18.9 Å². The molecule has 0 radical (unpaired) electrons. The van der Waals surface area contributed by atoms with Crippen molar-refractivity contribution in [2.75, 3.05) is 26.8 Å². The fraction of sp³-hybridized carbons (Fsp3) is 0.684. The highest BCUT2D eigenvalue weighted by molar-refractivity contribution is 5.85. The second kappa shape index (κ2) is 9.62. The van der Waals surface area contributed by atoms with E-state index in [0.29, 0.717) is 18.4 Å². The Balaban J connectivity index is 0.00000225. The monoisotopic (exact) mass is 371 g/mol. The van der Waals surface area contributed by atoms with Gasteiger partial charge >= 0.3 is 0 Å². The zero-order valence-electron chi connectivity index (χ0n) is 14.9. The minimum Gasteiger partial charge on any atom is -0.504 e. The number of likely N-dealkylation sites (tertiary alicyclic amines) is 1. The summed E-state index contributed by atoms with van der Waals surface area (Å²) < 4.78 is 11.4. The van der Waals surface area contributed by atoms with E-state index in [1.54, 1.807) is 13.2 Å². The Kier molecular flexibility index (Phi) is 7.81. The van der Waals surface area contributed by atoms with Gasteiger partial charge in [0, 0.05) is 19.1 Å². The number of halogens is 1. The van der Waals surface area contributed by atoms with E-state index in [4.69, 9.17) is 9.47 Å². The van der Waals surface area contributed by atoms with E-state index >= 15 is 0 Å². The third-order valence-corrected chi connectivity index (χ3v) is 5.30. The first-order valence-corrected chi connectivity index (χ1v) is 9.07. The molecule has 1 heterocycles. The van der Waals surface area contributed by atoms with Gasteiger partial charge in [-0.15, -0.1) is 12.4 Å². The number of hydrogen-bond acceptors (Lipinski definition) is 5. The molecule has 1 saturated heterocycles. The molecule has 1 aromatic rings. The Bertz CT molecular complexity index is 542. The standard InChI is InChI=1S/C19H29NO4.ClH/c1-23-19-12-14(6-7-17(19)22)9-11-24-18-5-3-2-4-16(18)20-10-8-15(21)13-20;/h6-7,12,15-16,18,21-22H,2-5,8-11,13H2,1H3;1H/t15-,16-,18-;/m1./s1. The van der Waals surface area contributed by atoms with Gasteiger partial charge in [-0.3, -0.25) is 4.90 Å². The van der Waals surface area contributed by atoms with Gasteiger partial charge in [-0.2, -0.15) is 0 Å². The lowest BCUT2D eigenvalue weighted by atomic mass is 9.91. The summed E-state index contributed by atoms with van der Waals surface area (Å²) in [4.78, 5) is 2.41. The van der Waals surface area contributed by atoms with E-state index in [9.17, 15) is 10.2 Å². The average Bonchev–Trinajstić information content (AvgIpc) is 3.03. The Morgan fingerprint density at radius 3 is 2.72 bits per heavy atom. The molecule has 3 atom stereocenters. The molecule has 0 aromatic heterocycles. The molecule has 6 heteroatoms. The topological polar surface area (TPSA) is 62.2 Å². The minimum absolute atomic E-state index is 0. The van der Waals surface area contributed by atoms with Gasteiger partial charge < -0.3 is 19.7 Å². The van der Waals surface area contributed by atoms with Crippen LogP contribution < -0.4 is 4.74 Å². The summed E-state index contributed by atoms with van der Waals surface area (Å²) in [6.07, 6.45) is 6.55. The minimum atomic E-state index is -0.169. The first-order chi connectivity index (χ1) is 11.7. The van der Waals surface area contributed by atoms with Crippen LogP contribution in [-0.2, 0) is 11.2 Å². The summed E-state index contributed by atoms with van der Waals surface area (Å²) in [5.74, 6) is 0.677. The number of aromatic hydroxyl groups is 1. The highest BCUT2D eigenvalue weighted by atomic mass is 35.5. The number of methoxy groups -OCH3 is 1. The molecule has 0 bridgehead atoms. The molecule has 2 N–H and O–H groups in total. The average molecular weight is 372 g/mol. The summed E-state index contributed by atoms with van der Waals surface area (Å²) in [5.41, 5.74) is 1.11. The number of nitrogens with zero attached hydrogens (tertiary/aromatic N) is 1. The van der Waals surface area contributed by atoms with Gasteiger partial charge in [0.15, 0.2) is 11.5 Å². The fourth-order valence-corrected chi connectivity index (χ4v) is 3.96. The number of phenolic OH excluding ortho intramolecular Hbond substituents is 1. The predicted molar refractivity (Wildman–Crippen MR) is 99.8 cm³/mol. The third kappa shape index (κ3) is 5.23. The number of aliphatic hydroxyl groups excluding tert-OH is 1. The first-order valence-electron chi connectivity index (χ1n) is 9.07. The van der Waals surface area contributed by atoms with E-state index in [2.05, 4.69) is 4.90 Å². The molecule has 0 spiro atoms. The van der Waals surface area contributed by atoms with Crippen molar-refractivity contribution in [3.8, 4) is 11.5 Å². The van der Waals surface area contributed by atoms with Gasteiger partial charge in [-0.05, 0) is 43.4 Å². The SMILES string of the molecule is COc1cc(CCO[C@@H]2CCCC[C@H]2N2CC[C@@H](O)C2)ccc1O.Cl. The van der Waals surface area contributed by atoms with Gasteiger partial charge in [0.05, 0.1) is 25.9 Å². The number of aliphatic hydroxyl groups is 1. The zero-order chi connectivity index (χ0) is 16.9. The van der Waals surface area contributed by atoms with Crippen LogP contribution in [0.4, 0.5) is 0 Å². The van der Waals surface area contributed by atoms with E-state index in [0.717, 1.165) is 37.9 Å². The lowest BCUT2D eigenvalue weighted by molar-refractivity contribution is -0.0316. The number of ether oxygens (including phenoxy) is 2. The lowest BCUT2D eigenvalue weighted by Crippen LogP contribution is -2.46. The molecule has 1 aliphatic heterocycles. The predicted octanol–water partition coefficient (Wildman–Crippen LogP) is 2.76. The first kappa shape index (κ1) is 20.3. The molecule has 5 nitrogen and oxygen atoms in total. The molecule has 142 valence electrons. The number of rotatable bonds is 6. The molecule has 2 aliphatic rings. The van der Waals surface area contributed by atoms with Crippen molar-refractivity contribution in [1.82, 2.24) is 4.90 Å². The molecular weight excluding hydrogens is 342 g/mol. The second-order valence-electron chi connectivity index (χ2n) is 6.95. The molecule has 3 rings (SSSR count). The summed E-state index contributed by atoms with van der Waals surface area (Å²) in [6, 6.07) is 5.90. The largest absolute Gasteiger partial charge is 0.504 e. The smallest absolute Gasteiger partial charge is 0.160 e. The number of β-amino-alcohol motifs (C(OH)–C–C–N with tert-alkyl or cyclic N) is 1. The van der Waals surface area contributed by atoms with Crippen molar-refractivity contribution in [3.05, 3.63) is 23.8 Å². The highest BCUT2D eigenvalue weighted by Gasteiger charge is 2.34. The molecule has 1 aliphatic carbocycles. The zero-order valence-corrected chi connectivity index (χ0v) is 15.7. The van der Waals surface area contributed by atoms with Crippen molar-refractivity contribution in [3.63, 3.8) is 0 Å². The summed E-state index contributed by atoms with van der Waals surface area (Å²) in [6.45, 7) is 2.45. The Morgan fingerprint density at radius 1 is 1.20 bits per heavy atom. The van der Waals surface area contributed by atoms with Crippen LogP contribution in [0.2, 0.25) is 0 Å². The van der Waals surface area contributed by atoms with Crippen LogP contribution in [0, 0.1) is 0 Å². The van der Waals surface area contributed by atoms with Crippen LogP contribution in [0.25, 0.3) is 0 Å². The van der Waals surface area contributed by atoms with Crippen LogP contribution in [0.1, 0.15) is 37.7 Å². The summed E-state index contributed by atoms with van der Waals surface area (Å²) in [7, 11) is 1.56. The second-order valence-corrected chi connectivity index (χ2v) is 6.95. The quantitative estimate of drug-likeness (QED) is 0.805. The molecule has 0 amide bonds. The van der Waals surface area contributed by atoms with Crippen LogP contribution in [0.15, 0.2) is 18.2 Å². The van der Waals surface area contributed by atoms with Crippen molar-refractivity contribution in [2.45, 2.75) is 56.8 Å². The molecule has 25 heavy (non-hydrogen) atoms. The maximum absolute atomic E-state index is 9.80. The van der Waals surface area contributed by atoms with Crippen LogP contribution >= 0.6 is 12.4 Å². The Morgan fingerprint density at radius 2 is 2.00 bits per heavy atom. The van der Waals surface area contributed by atoms with Gasteiger partial charge in [0.2, 0.25) is 0 Å². The Hall–Kier alpha value is -1.01. The van der Waals surface area contributed by atoms with E-state index in [-0.39, 0.29) is 30.4 Å². The van der Waals surface area contributed by atoms with Crippen molar-refractivity contribution >= 4 is 12.4 Å². The molecule has 1 aromatic carbocycles. The van der Waals surface area contributed by atoms with Crippen LogP contribution in [0.5, 0.6) is 11.5 Å². The highest BCUT2D eigenvalue weighted by Crippen LogP contribution is 2.29. The van der Waals surface area contributed by atoms with E-state index < -0.39 is 0 Å². The molecular formula is C19H30ClNO4. The molecule has 0 unspecified atom stereocenters. The Labute approximate surface area is 156 Å². The van der Waals surface area contributed by atoms with Gasteiger partial charge in [0.1, 0.15) is 0 Å². The summed E-state index contributed by atoms with van der Waals surface area (Å²) >= 11 is 0. The lowest BCUT2D eigenvalue weighted by Gasteiger charge is -2.37. The number of hydrogen-bond donors (Lipinski definition) is 2. The maximum Gasteiger partial charge on any atom is 0.160 e. The molecule has 2 fully saturated rings. The van der Waals surface area contributed by atoms with E-state index in [1.807, 2.05) is 12.1 Å². The van der Waals surface area contributed by atoms with Gasteiger partial charge in [-0.25, -0.2) is 0 Å². The van der Waals surface area contributed by atoms with Crippen molar-refractivity contribution < 1.29 is 19.7 Å². The van der Waals surface area contributed by atoms with E-state index in [1.165, 1.54) is 19.3 Å². The normalized spacial score (nSPS) is 27.0. The third-order valence-electron chi connectivity index (χ3n) is 5.30. The molecule has 1 saturated carbocycles. The fourth-order valence-electron chi connectivity index (χ4n) is 3.96.